The second kappa shape index (κ2) is 6.19. The Labute approximate surface area is 133 Å². The van der Waals surface area contributed by atoms with Crippen molar-refractivity contribution in [3.63, 3.8) is 0 Å². The Morgan fingerprint density at radius 1 is 0.950 bits per heavy atom. The third kappa shape index (κ3) is 3.02. The summed E-state index contributed by atoms with van der Waals surface area (Å²) in [4.78, 5) is 0. The zero-order chi connectivity index (χ0) is 13.9. The first-order valence-corrected chi connectivity index (χ1v) is 8.23. The van der Waals surface area contributed by atoms with Gasteiger partial charge in [0.15, 0.2) is 0 Å². The van der Waals surface area contributed by atoms with Gasteiger partial charge in [-0.25, -0.2) is 0 Å². The minimum absolute atomic E-state index is 0.500. The Kier molecular flexibility index (Phi) is 4.32. The number of hydrogen-bond donors (Lipinski definition) is 0. The average molecular weight is 352 g/mol. The monoisotopic (exact) mass is 350 g/mol. The summed E-state index contributed by atoms with van der Waals surface area (Å²) in [6.45, 7) is 0. The quantitative estimate of drug-likeness (QED) is 0.629. The molecule has 0 aromatic heterocycles. The molecule has 0 bridgehead atoms. The van der Waals surface area contributed by atoms with Crippen LogP contribution in [0.4, 0.5) is 0 Å². The van der Waals surface area contributed by atoms with E-state index in [0.29, 0.717) is 5.88 Å². The van der Waals surface area contributed by atoms with Crippen LogP contribution >= 0.6 is 27.5 Å². The highest BCUT2D eigenvalue weighted by molar-refractivity contribution is 9.10. The molecular formula is C17H16BrClO. The van der Waals surface area contributed by atoms with Gasteiger partial charge in [-0.3, -0.25) is 0 Å². The van der Waals surface area contributed by atoms with Gasteiger partial charge in [-0.15, -0.1) is 11.6 Å². The molecule has 1 aliphatic carbocycles. The van der Waals surface area contributed by atoms with Crippen molar-refractivity contribution in [2.24, 2.45) is 0 Å². The molecule has 2 aromatic rings. The molecule has 1 aliphatic rings. The molecular weight excluding hydrogens is 336 g/mol. The third-order valence-electron chi connectivity index (χ3n) is 3.72. The highest BCUT2D eigenvalue weighted by Crippen LogP contribution is 2.30. The zero-order valence-electron chi connectivity index (χ0n) is 11.2. The second-order valence-electron chi connectivity index (χ2n) is 5.13. The maximum atomic E-state index is 5.95. The summed E-state index contributed by atoms with van der Waals surface area (Å²) >= 11 is 9.37. The van der Waals surface area contributed by atoms with E-state index in [0.717, 1.165) is 21.5 Å². The SMILES string of the molecule is ClCc1ccc(Oc2ccc3c(c2)CCCC3)cc1Br. The Balaban J connectivity index is 1.82. The fraction of sp³-hybridized carbons (Fsp3) is 0.294. The van der Waals surface area contributed by atoms with Crippen LogP contribution < -0.4 is 4.74 Å². The van der Waals surface area contributed by atoms with Gasteiger partial charge in [-0.2, -0.15) is 0 Å². The van der Waals surface area contributed by atoms with Crippen molar-refractivity contribution in [3.8, 4) is 11.5 Å². The third-order valence-corrected chi connectivity index (χ3v) is 4.75. The predicted octanol–water partition coefficient (Wildman–Crippen LogP) is 5.86. The van der Waals surface area contributed by atoms with E-state index in [1.54, 1.807) is 0 Å². The van der Waals surface area contributed by atoms with Crippen LogP contribution in [0.15, 0.2) is 40.9 Å². The lowest BCUT2D eigenvalue weighted by molar-refractivity contribution is 0.480. The Hall–Kier alpha value is -0.990. The number of halogens is 2. The molecule has 0 heterocycles. The molecule has 1 nitrogen and oxygen atoms in total. The van der Waals surface area contributed by atoms with E-state index in [2.05, 4.69) is 34.1 Å². The Morgan fingerprint density at radius 3 is 2.40 bits per heavy atom. The second-order valence-corrected chi connectivity index (χ2v) is 6.25. The van der Waals surface area contributed by atoms with Crippen molar-refractivity contribution < 1.29 is 4.74 Å². The summed E-state index contributed by atoms with van der Waals surface area (Å²) in [6, 6.07) is 12.4. The van der Waals surface area contributed by atoms with Crippen LogP contribution in [0.3, 0.4) is 0 Å². The van der Waals surface area contributed by atoms with Gasteiger partial charge in [-0.1, -0.05) is 28.1 Å². The summed E-state index contributed by atoms with van der Waals surface area (Å²) in [5.41, 5.74) is 3.98. The number of ether oxygens (including phenoxy) is 1. The normalized spacial score (nSPS) is 13.9. The molecule has 0 N–H and O–H groups in total. The number of benzene rings is 2. The first-order valence-electron chi connectivity index (χ1n) is 6.90. The van der Waals surface area contributed by atoms with E-state index < -0.39 is 0 Å². The maximum absolute atomic E-state index is 5.95. The van der Waals surface area contributed by atoms with Gasteiger partial charge in [0.25, 0.3) is 0 Å². The lowest BCUT2D eigenvalue weighted by atomic mass is 9.92. The molecule has 0 fully saturated rings. The van der Waals surface area contributed by atoms with Crippen molar-refractivity contribution >= 4 is 27.5 Å². The van der Waals surface area contributed by atoms with Gasteiger partial charge in [-0.05, 0) is 66.6 Å². The standard InChI is InChI=1S/C17H16BrClO/c18-17-10-16(8-6-14(17)11-19)20-15-7-5-12-3-1-2-4-13(12)9-15/h5-10H,1-4,11H2. The molecule has 3 heteroatoms. The van der Waals surface area contributed by atoms with Gasteiger partial charge < -0.3 is 4.74 Å². The van der Waals surface area contributed by atoms with Crippen LogP contribution in [0.2, 0.25) is 0 Å². The largest absolute Gasteiger partial charge is 0.457 e. The van der Waals surface area contributed by atoms with E-state index >= 15 is 0 Å². The summed E-state index contributed by atoms with van der Waals surface area (Å²) < 4.78 is 6.94. The molecule has 104 valence electrons. The molecule has 0 atom stereocenters. The Bertz CT molecular complexity index is 624. The van der Waals surface area contributed by atoms with Crippen LogP contribution in [-0.2, 0) is 18.7 Å². The average Bonchev–Trinajstić information content (AvgIpc) is 2.47. The molecule has 3 rings (SSSR count). The van der Waals surface area contributed by atoms with Gasteiger partial charge in [0.2, 0.25) is 0 Å². The number of aryl methyl sites for hydroxylation is 2. The van der Waals surface area contributed by atoms with Crippen LogP contribution in [0.1, 0.15) is 29.5 Å². The molecule has 0 unspecified atom stereocenters. The number of hydrogen-bond acceptors (Lipinski definition) is 1. The zero-order valence-corrected chi connectivity index (χ0v) is 13.5. The molecule has 0 aliphatic heterocycles. The van der Waals surface area contributed by atoms with Crippen LogP contribution in [0.5, 0.6) is 11.5 Å². The summed E-state index contributed by atoms with van der Waals surface area (Å²) in [5, 5.41) is 0. The summed E-state index contributed by atoms with van der Waals surface area (Å²) in [6.07, 6.45) is 4.96. The van der Waals surface area contributed by atoms with Crippen molar-refractivity contribution in [2.75, 3.05) is 0 Å². The molecule has 0 radical (unpaired) electrons. The predicted molar refractivity (Wildman–Crippen MR) is 86.9 cm³/mol. The smallest absolute Gasteiger partial charge is 0.128 e. The first kappa shape index (κ1) is 14.0. The van der Waals surface area contributed by atoms with Crippen molar-refractivity contribution in [1.82, 2.24) is 0 Å². The highest BCUT2D eigenvalue weighted by atomic mass is 79.9. The minimum atomic E-state index is 0.500. The highest BCUT2D eigenvalue weighted by Gasteiger charge is 2.10. The Morgan fingerprint density at radius 2 is 1.65 bits per heavy atom. The number of alkyl halides is 1. The molecule has 20 heavy (non-hydrogen) atoms. The van der Waals surface area contributed by atoms with Crippen molar-refractivity contribution in [3.05, 3.63) is 57.6 Å². The van der Waals surface area contributed by atoms with E-state index in [4.69, 9.17) is 16.3 Å². The lowest BCUT2D eigenvalue weighted by Crippen LogP contribution is -2.02. The fourth-order valence-electron chi connectivity index (χ4n) is 2.61. The van der Waals surface area contributed by atoms with Crippen molar-refractivity contribution in [2.45, 2.75) is 31.6 Å². The maximum Gasteiger partial charge on any atom is 0.128 e. The van der Waals surface area contributed by atoms with Gasteiger partial charge in [0.1, 0.15) is 11.5 Å². The summed E-state index contributed by atoms with van der Waals surface area (Å²) in [7, 11) is 0. The number of rotatable bonds is 3. The molecule has 0 amide bonds. The van der Waals surface area contributed by atoms with Crippen LogP contribution in [0.25, 0.3) is 0 Å². The molecule has 0 saturated carbocycles. The van der Waals surface area contributed by atoms with Crippen LogP contribution in [-0.4, -0.2) is 0 Å². The van der Waals surface area contributed by atoms with E-state index in [1.165, 1.54) is 36.8 Å². The van der Waals surface area contributed by atoms with Gasteiger partial charge in [0.05, 0.1) is 0 Å². The van der Waals surface area contributed by atoms with E-state index in [-0.39, 0.29) is 0 Å². The minimum Gasteiger partial charge on any atom is -0.457 e. The topological polar surface area (TPSA) is 9.23 Å². The van der Waals surface area contributed by atoms with Crippen LogP contribution in [0, 0.1) is 0 Å². The first-order chi connectivity index (χ1) is 9.76. The molecule has 0 spiro atoms. The lowest BCUT2D eigenvalue weighted by Gasteiger charge is -2.17. The van der Waals surface area contributed by atoms with Gasteiger partial charge in [0, 0.05) is 10.4 Å². The van der Waals surface area contributed by atoms with Gasteiger partial charge >= 0.3 is 0 Å². The fourth-order valence-corrected chi connectivity index (χ4v) is 3.50. The number of fused-ring (bicyclic) bond motifs is 1. The summed E-state index contributed by atoms with van der Waals surface area (Å²) in [5.74, 6) is 2.25. The van der Waals surface area contributed by atoms with E-state index in [1.807, 2.05) is 18.2 Å². The van der Waals surface area contributed by atoms with Crippen molar-refractivity contribution in [1.29, 1.82) is 0 Å². The molecule has 2 aromatic carbocycles. The van der Waals surface area contributed by atoms with E-state index in [9.17, 15) is 0 Å². The molecule has 0 saturated heterocycles.